The van der Waals surface area contributed by atoms with Crippen LogP contribution in [-0.4, -0.2) is 27.4 Å². The van der Waals surface area contributed by atoms with Crippen molar-refractivity contribution in [1.82, 2.24) is 5.32 Å². The highest BCUT2D eigenvalue weighted by molar-refractivity contribution is 7.89. The van der Waals surface area contributed by atoms with Gasteiger partial charge in [0, 0.05) is 12.1 Å². The first-order chi connectivity index (χ1) is 9.84. The number of rotatable bonds is 4. The minimum atomic E-state index is -3.77. The van der Waals surface area contributed by atoms with Crippen LogP contribution in [0.1, 0.15) is 24.8 Å². The Hall–Kier alpha value is -1.15. The molecule has 0 aromatic heterocycles. The van der Waals surface area contributed by atoms with Crippen LogP contribution < -0.4 is 15.8 Å². The summed E-state index contributed by atoms with van der Waals surface area (Å²) in [4.78, 5) is 12.1. The van der Waals surface area contributed by atoms with Crippen LogP contribution in [-0.2, 0) is 14.8 Å². The molecule has 2 rings (SSSR count). The summed E-state index contributed by atoms with van der Waals surface area (Å²) in [6.45, 7) is 3.65. The third kappa shape index (κ3) is 5.57. The monoisotopic (exact) mass is 347 g/mol. The molecule has 1 saturated heterocycles. The van der Waals surface area contributed by atoms with Crippen molar-refractivity contribution in [2.45, 2.75) is 31.1 Å². The van der Waals surface area contributed by atoms with Crippen LogP contribution >= 0.6 is 12.4 Å². The molecule has 0 saturated carbocycles. The summed E-state index contributed by atoms with van der Waals surface area (Å²) in [5.74, 6) is 0.293. The molecule has 124 valence electrons. The predicted octanol–water partition coefficient (Wildman–Crippen LogP) is 1.39. The number of aryl methyl sites for hydroxylation is 1. The van der Waals surface area contributed by atoms with E-state index in [1.54, 1.807) is 13.0 Å². The van der Waals surface area contributed by atoms with Gasteiger partial charge in [0.05, 0.1) is 4.90 Å². The van der Waals surface area contributed by atoms with Gasteiger partial charge in [-0.25, -0.2) is 13.6 Å². The standard InChI is InChI=1S/C14H21N3O3S.ClH/c1-10-6-12(9-13(7-10)21(15,19)20)17-14(18)8-11-2-4-16-5-3-11;/h6-7,9,11,16H,2-5,8H2,1H3,(H,17,18)(H2,15,19,20);1H. The van der Waals surface area contributed by atoms with Crippen LogP contribution in [0.4, 0.5) is 5.69 Å². The minimum absolute atomic E-state index is 0. The average molecular weight is 348 g/mol. The topological polar surface area (TPSA) is 101 Å². The smallest absolute Gasteiger partial charge is 0.238 e. The van der Waals surface area contributed by atoms with E-state index in [2.05, 4.69) is 10.6 Å². The molecule has 1 fully saturated rings. The fraction of sp³-hybridized carbons (Fsp3) is 0.500. The second-order valence-corrected chi connectivity index (χ2v) is 7.09. The highest BCUT2D eigenvalue weighted by atomic mass is 35.5. The number of benzene rings is 1. The molecule has 0 spiro atoms. The summed E-state index contributed by atoms with van der Waals surface area (Å²) in [6.07, 6.45) is 2.44. The van der Waals surface area contributed by atoms with Crippen molar-refractivity contribution in [3.8, 4) is 0 Å². The minimum Gasteiger partial charge on any atom is -0.326 e. The maximum atomic E-state index is 12.0. The van der Waals surface area contributed by atoms with Gasteiger partial charge in [0.1, 0.15) is 0 Å². The van der Waals surface area contributed by atoms with Gasteiger partial charge in [-0.1, -0.05) is 0 Å². The van der Waals surface area contributed by atoms with Gasteiger partial charge in [-0.05, 0) is 62.5 Å². The number of halogens is 1. The largest absolute Gasteiger partial charge is 0.326 e. The highest BCUT2D eigenvalue weighted by Crippen LogP contribution is 2.20. The van der Waals surface area contributed by atoms with Crippen LogP contribution in [0.5, 0.6) is 0 Å². The highest BCUT2D eigenvalue weighted by Gasteiger charge is 2.17. The Morgan fingerprint density at radius 2 is 1.95 bits per heavy atom. The number of nitrogens with one attached hydrogen (secondary N) is 2. The molecule has 4 N–H and O–H groups in total. The maximum Gasteiger partial charge on any atom is 0.238 e. The fourth-order valence-corrected chi connectivity index (χ4v) is 3.19. The van der Waals surface area contributed by atoms with Crippen molar-refractivity contribution in [3.05, 3.63) is 23.8 Å². The van der Waals surface area contributed by atoms with E-state index in [-0.39, 0.29) is 23.2 Å². The number of anilines is 1. The number of carbonyl (C=O) groups is 1. The Bertz CT molecular complexity index is 628. The first-order valence-electron chi connectivity index (χ1n) is 6.99. The molecule has 6 nitrogen and oxygen atoms in total. The quantitative estimate of drug-likeness (QED) is 0.766. The Morgan fingerprint density at radius 1 is 1.32 bits per heavy atom. The third-order valence-electron chi connectivity index (χ3n) is 3.60. The lowest BCUT2D eigenvalue weighted by Crippen LogP contribution is -2.30. The van der Waals surface area contributed by atoms with Crippen molar-refractivity contribution >= 4 is 34.0 Å². The van der Waals surface area contributed by atoms with Crippen LogP contribution in [0.15, 0.2) is 23.1 Å². The van der Waals surface area contributed by atoms with Crippen LogP contribution in [0.25, 0.3) is 0 Å². The van der Waals surface area contributed by atoms with Gasteiger partial charge in [0.25, 0.3) is 0 Å². The normalized spacial score (nSPS) is 15.9. The molecule has 0 atom stereocenters. The second-order valence-electron chi connectivity index (χ2n) is 5.53. The summed E-state index contributed by atoms with van der Waals surface area (Å²) in [6, 6.07) is 4.61. The van der Waals surface area contributed by atoms with E-state index in [9.17, 15) is 13.2 Å². The first kappa shape index (κ1) is 18.9. The number of amides is 1. The van der Waals surface area contributed by atoms with E-state index >= 15 is 0 Å². The van der Waals surface area contributed by atoms with Crippen LogP contribution in [0, 0.1) is 12.8 Å². The molecule has 0 radical (unpaired) electrons. The number of nitrogens with two attached hydrogens (primary N) is 1. The Balaban J connectivity index is 0.00000242. The van der Waals surface area contributed by atoms with Crippen molar-refractivity contribution in [2.24, 2.45) is 11.1 Å². The summed E-state index contributed by atoms with van der Waals surface area (Å²) in [7, 11) is -3.77. The van der Waals surface area contributed by atoms with Crippen molar-refractivity contribution in [3.63, 3.8) is 0 Å². The molecule has 0 bridgehead atoms. The van der Waals surface area contributed by atoms with Gasteiger partial charge in [0.15, 0.2) is 0 Å². The molecule has 1 heterocycles. The Kier molecular flexibility index (Phi) is 6.80. The predicted molar refractivity (Wildman–Crippen MR) is 88.6 cm³/mol. The zero-order valence-electron chi connectivity index (χ0n) is 12.5. The molecular weight excluding hydrogens is 326 g/mol. The van der Waals surface area contributed by atoms with Crippen molar-refractivity contribution < 1.29 is 13.2 Å². The number of piperidine rings is 1. The number of sulfonamides is 1. The van der Waals surface area contributed by atoms with Gasteiger partial charge >= 0.3 is 0 Å². The molecule has 1 amide bonds. The van der Waals surface area contributed by atoms with Crippen molar-refractivity contribution in [1.29, 1.82) is 0 Å². The Morgan fingerprint density at radius 3 is 2.55 bits per heavy atom. The molecular formula is C14H22ClN3O3S. The van der Waals surface area contributed by atoms with Crippen molar-refractivity contribution in [2.75, 3.05) is 18.4 Å². The molecule has 8 heteroatoms. The van der Waals surface area contributed by atoms with E-state index in [1.165, 1.54) is 12.1 Å². The summed E-state index contributed by atoms with van der Waals surface area (Å²) in [5.41, 5.74) is 1.21. The molecule has 0 aliphatic carbocycles. The molecule has 1 aromatic carbocycles. The summed E-state index contributed by atoms with van der Waals surface area (Å²) in [5, 5.41) is 11.1. The first-order valence-corrected chi connectivity index (χ1v) is 8.54. The van der Waals surface area contributed by atoms with Gasteiger partial charge in [-0.15, -0.1) is 12.4 Å². The molecule has 0 unspecified atom stereocenters. The number of hydrogen-bond acceptors (Lipinski definition) is 4. The maximum absolute atomic E-state index is 12.0. The van der Waals surface area contributed by atoms with E-state index in [0.717, 1.165) is 31.5 Å². The van der Waals surface area contributed by atoms with E-state index in [0.29, 0.717) is 18.0 Å². The molecule has 1 aliphatic heterocycles. The van der Waals surface area contributed by atoms with Gasteiger partial charge in [0.2, 0.25) is 15.9 Å². The lowest BCUT2D eigenvalue weighted by molar-refractivity contribution is -0.117. The Labute approximate surface area is 137 Å². The zero-order chi connectivity index (χ0) is 15.5. The zero-order valence-corrected chi connectivity index (χ0v) is 14.1. The van der Waals surface area contributed by atoms with Crippen LogP contribution in [0.3, 0.4) is 0 Å². The molecule has 1 aromatic rings. The lowest BCUT2D eigenvalue weighted by Gasteiger charge is -2.22. The summed E-state index contributed by atoms with van der Waals surface area (Å²) < 4.78 is 22.8. The summed E-state index contributed by atoms with van der Waals surface area (Å²) >= 11 is 0. The number of primary sulfonamides is 1. The number of carbonyl (C=O) groups excluding carboxylic acids is 1. The van der Waals surface area contributed by atoms with Gasteiger partial charge in [-0.2, -0.15) is 0 Å². The SMILES string of the molecule is Cc1cc(NC(=O)CC2CCNCC2)cc(S(N)(=O)=O)c1.Cl. The number of hydrogen-bond donors (Lipinski definition) is 3. The molecule has 1 aliphatic rings. The third-order valence-corrected chi connectivity index (χ3v) is 4.49. The van der Waals surface area contributed by atoms with E-state index < -0.39 is 10.0 Å². The lowest BCUT2D eigenvalue weighted by atomic mass is 9.94. The van der Waals surface area contributed by atoms with E-state index in [4.69, 9.17) is 5.14 Å². The second kappa shape index (κ2) is 7.92. The van der Waals surface area contributed by atoms with Gasteiger partial charge < -0.3 is 10.6 Å². The van der Waals surface area contributed by atoms with Crippen LogP contribution in [0.2, 0.25) is 0 Å². The van der Waals surface area contributed by atoms with E-state index in [1.807, 2.05) is 0 Å². The van der Waals surface area contributed by atoms with Gasteiger partial charge in [-0.3, -0.25) is 4.79 Å². The fourth-order valence-electron chi connectivity index (χ4n) is 2.54. The molecule has 22 heavy (non-hydrogen) atoms. The average Bonchev–Trinajstić information content (AvgIpc) is 2.37.